The second-order valence-corrected chi connectivity index (χ2v) is 10.9. The van der Waals surface area contributed by atoms with E-state index in [-0.39, 0.29) is 24.9 Å². The Hall–Kier alpha value is -3.25. The standard InChI is InChI=1S/C24H26ClN7O3S/c25-20-14-27-24-29-18-3-1-2-15(12-18)4-5-17-13-19(28-22(20)31-24)6-7-21(17)30-23(33)16-8-10-32(11-9-16)36(26,34)35/h1-3,6-7,12-14,16H,4-5,8-11H2,(H,30,33)(H2,26,34,35)(H2,27,28,29,31). The fourth-order valence-corrected chi connectivity index (χ4v) is 5.33. The van der Waals surface area contributed by atoms with Gasteiger partial charge >= 0.3 is 0 Å². The van der Waals surface area contributed by atoms with Crippen molar-refractivity contribution in [1.82, 2.24) is 14.3 Å². The molecule has 1 aromatic heterocycles. The van der Waals surface area contributed by atoms with Gasteiger partial charge < -0.3 is 16.0 Å². The Morgan fingerprint density at radius 2 is 1.86 bits per heavy atom. The second-order valence-electron chi connectivity index (χ2n) is 8.92. The van der Waals surface area contributed by atoms with Gasteiger partial charge in [0, 0.05) is 36.1 Å². The molecule has 0 atom stereocenters. The van der Waals surface area contributed by atoms with Crippen molar-refractivity contribution in [2.45, 2.75) is 25.7 Å². The van der Waals surface area contributed by atoms with Gasteiger partial charge in [0.05, 0.1) is 6.20 Å². The van der Waals surface area contributed by atoms with Gasteiger partial charge in [0.25, 0.3) is 10.2 Å². The maximum Gasteiger partial charge on any atom is 0.276 e. The number of hydrogen-bond acceptors (Lipinski definition) is 7. The number of aryl methyl sites for hydroxylation is 2. The molecule has 1 amide bonds. The zero-order valence-corrected chi connectivity index (χ0v) is 20.9. The first-order valence-electron chi connectivity index (χ1n) is 11.6. The maximum absolute atomic E-state index is 13.1. The van der Waals surface area contributed by atoms with Gasteiger partial charge in [-0.1, -0.05) is 23.7 Å². The van der Waals surface area contributed by atoms with Crippen LogP contribution < -0.4 is 21.1 Å². The van der Waals surface area contributed by atoms with E-state index in [1.807, 2.05) is 36.4 Å². The number of amides is 1. The summed E-state index contributed by atoms with van der Waals surface area (Å²) in [5, 5.41) is 15.1. The molecular weight excluding hydrogens is 502 g/mol. The Labute approximate surface area is 214 Å². The highest BCUT2D eigenvalue weighted by molar-refractivity contribution is 7.86. The molecule has 3 aromatic rings. The van der Waals surface area contributed by atoms with Crippen LogP contribution >= 0.6 is 11.6 Å². The number of fused-ring (bicyclic) bond motifs is 6. The number of carbonyl (C=O) groups excluding carboxylic acids is 1. The average molecular weight is 528 g/mol. The molecule has 0 unspecified atom stereocenters. The van der Waals surface area contributed by atoms with Crippen LogP contribution in [0.15, 0.2) is 48.7 Å². The van der Waals surface area contributed by atoms with Crippen molar-refractivity contribution in [3.8, 4) is 0 Å². The quantitative estimate of drug-likeness (QED) is 0.408. The van der Waals surface area contributed by atoms with Crippen molar-refractivity contribution in [3.63, 3.8) is 0 Å². The summed E-state index contributed by atoms with van der Waals surface area (Å²) in [6.07, 6.45) is 3.83. The zero-order chi connectivity index (χ0) is 25.3. The van der Waals surface area contributed by atoms with Crippen LogP contribution in [-0.2, 0) is 27.8 Å². The van der Waals surface area contributed by atoms with E-state index in [0.717, 1.165) is 34.6 Å². The lowest BCUT2D eigenvalue weighted by Gasteiger charge is -2.29. The van der Waals surface area contributed by atoms with Crippen LogP contribution in [0.25, 0.3) is 0 Å². The third-order valence-electron chi connectivity index (χ3n) is 6.42. The van der Waals surface area contributed by atoms with Crippen LogP contribution in [0.4, 0.5) is 28.8 Å². The van der Waals surface area contributed by atoms with Gasteiger partial charge in [-0.2, -0.15) is 17.7 Å². The number of piperidine rings is 1. The molecule has 1 saturated heterocycles. The first kappa shape index (κ1) is 24.4. The maximum atomic E-state index is 13.1. The Morgan fingerprint density at radius 3 is 2.64 bits per heavy atom. The van der Waals surface area contributed by atoms with Gasteiger partial charge in [-0.3, -0.25) is 4.79 Å². The SMILES string of the molecule is NS(=O)(=O)N1CCC(C(=O)Nc2ccc3cc2CCc2cccc(c2)Nc2ncc(Cl)c(n2)N3)CC1. The number of aromatic nitrogens is 2. The summed E-state index contributed by atoms with van der Waals surface area (Å²) < 4.78 is 24.4. The summed E-state index contributed by atoms with van der Waals surface area (Å²) in [5.41, 5.74) is 4.45. The first-order chi connectivity index (χ1) is 17.2. The third kappa shape index (κ3) is 5.59. The fourth-order valence-electron chi connectivity index (χ4n) is 4.47. The molecule has 5 rings (SSSR count). The van der Waals surface area contributed by atoms with Gasteiger partial charge in [-0.05, 0) is 67.1 Å². The molecule has 188 valence electrons. The van der Waals surface area contributed by atoms with Crippen molar-refractivity contribution in [1.29, 1.82) is 0 Å². The van der Waals surface area contributed by atoms with Gasteiger partial charge in [0.1, 0.15) is 5.02 Å². The molecule has 3 heterocycles. The number of nitrogens with one attached hydrogen (secondary N) is 3. The van der Waals surface area contributed by atoms with Crippen LogP contribution in [0.3, 0.4) is 0 Å². The van der Waals surface area contributed by atoms with E-state index in [2.05, 4.69) is 32.0 Å². The van der Waals surface area contributed by atoms with Crippen LogP contribution in [0, 0.1) is 5.92 Å². The highest BCUT2D eigenvalue weighted by atomic mass is 35.5. The van der Waals surface area contributed by atoms with Crippen molar-refractivity contribution in [3.05, 3.63) is 64.8 Å². The number of hydrogen-bond donors (Lipinski definition) is 4. The summed E-state index contributed by atoms with van der Waals surface area (Å²) in [4.78, 5) is 21.8. The van der Waals surface area contributed by atoms with Crippen molar-refractivity contribution in [2.75, 3.05) is 29.0 Å². The van der Waals surface area contributed by atoms with Crippen molar-refractivity contribution >= 4 is 56.5 Å². The summed E-state index contributed by atoms with van der Waals surface area (Å²) in [5.74, 6) is 0.479. The third-order valence-corrected chi connectivity index (χ3v) is 7.78. The lowest BCUT2D eigenvalue weighted by molar-refractivity contribution is -0.120. The lowest BCUT2D eigenvalue weighted by Crippen LogP contribution is -2.44. The zero-order valence-electron chi connectivity index (χ0n) is 19.4. The minimum absolute atomic E-state index is 0.126. The number of anilines is 5. The molecule has 2 aromatic carbocycles. The first-order valence-corrected chi connectivity index (χ1v) is 13.5. The number of rotatable bonds is 3. The summed E-state index contributed by atoms with van der Waals surface area (Å²) in [6.45, 7) is 0.470. The molecule has 5 N–H and O–H groups in total. The largest absolute Gasteiger partial charge is 0.339 e. The molecule has 2 aliphatic rings. The van der Waals surface area contributed by atoms with Crippen molar-refractivity contribution < 1.29 is 13.2 Å². The highest BCUT2D eigenvalue weighted by Crippen LogP contribution is 2.30. The normalized spacial score (nSPS) is 16.5. The van der Waals surface area contributed by atoms with Gasteiger partial charge in [0.15, 0.2) is 5.82 Å². The smallest absolute Gasteiger partial charge is 0.276 e. The summed E-state index contributed by atoms with van der Waals surface area (Å²) in [6, 6.07) is 13.7. The van der Waals surface area contributed by atoms with Crippen molar-refractivity contribution in [2.24, 2.45) is 11.1 Å². The molecular formula is C24H26ClN7O3S. The van der Waals surface area contributed by atoms with Gasteiger partial charge in [-0.25, -0.2) is 10.1 Å². The second kappa shape index (κ2) is 10.0. The average Bonchev–Trinajstić information content (AvgIpc) is 2.86. The summed E-state index contributed by atoms with van der Waals surface area (Å²) >= 11 is 6.34. The van der Waals surface area contributed by atoms with Crippen LogP contribution in [-0.4, -0.2) is 41.7 Å². The van der Waals surface area contributed by atoms with Crippen LogP contribution in [0.2, 0.25) is 5.02 Å². The minimum atomic E-state index is -3.74. The van der Waals surface area contributed by atoms with E-state index in [1.165, 1.54) is 4.31 Å². The number of benzene rings is 2. The highest BCUT2D eigenvalue weighted by Gasteiger charge is 2.29. The Morgan fingerprint density at radius 1 is 1.08 bits per heavy atom. The molecule has 10 nitrogen and oxygen atoms in total. The monoisotopic (exact) mass is 527 g/mol. The Kier molecular flexibility index (Phi) is 6.80. The van der Waals surface area contributed by atoms with E-state index in [9.17, 15) is 13.2 Å². The molecule has 0 aliphatic carbocycles. The number of nitrogens with zero attached hydrogens (tertiary/aromatic N) is 3. The molecule has 12 heteroatoms. The lowest BCUT2D eigenvalue weighted by atomic mass is 9.96. The molecule has 6 bridgehead atoms. The summed E-state index contributed by atoms with van der Waals surface area (Å²) in [7, 11) is -3.74. The van der Waals surface area contributed by atoms with E-state index < -0.39 is 10.2 Å². The molecule has 0 spiro atoms. The van der Waals surface area contributed by atoms with Crippen LogP contribution in [0.5, 0.6) is 0 Å². The predicted octanol–water partition coefficient (Wildman–Crippen LogP) is 3.57. The number of halogens is 1. The molecule has 36 heavy (non-hydrogen) atoms. The van der Waals surface area contributed by atoms with E-state index in [4.69, 9.17) is 16.7 Å². The molecule has 0 radical (unpaired) electrons. The van der Waals surface area contributed by atoms with Gasteiger partial charge in [-0.15, -0.1) is 0 Å². The Bertz CT molecular complexity index is 1410. The predicted molar refractivity (Wildman–Crippen MR) is 140 cm³/mol. The molecule has 2 aliphatic heterocycles. The van der Waals surface area contributed by atoms with Crippen LogP contribution in [0.1, 0.15) is 24.0 Å². The molecule has 1 fully saturated rings. The topological polar surface area (TPSA) is 142 Å². The van der Waals surface area contributed by atoms with E-state index in [1.54, 1.807) is 6.20 Å². The molecule has 0 saturated carbocycles. The minimum Gasteiger partial charge on any atom is -0.339 e. The van der Waals surface area contributed by atoms with E-state index in [0.29, 0.717) is 36.1 Å². The van der Waals surface area contributed by atoms with Gasteiger partial charge in [0.2, 0.25) is 11.9 Å². The number of carbonyl (C=O) groups is 1. The Balaban J connectivity index is 1.40. The fraction of sp³-hybridized carbons (Fsp3) is 0.292. The number of nitrogens with two attached hydrogens (primary N) is 1. The van der Waals surface area contributed by atoms with E-state index >= 15 is 0 Å².